The molecule has 0 fully saturated rings. The number of rotatable bonds is 4. The molecular weight excluding hydrogens is 236 g/mol. The van der Waals surface area contributed by atoms with Crippen LogP contribution >= 0.6 is 0 Å². The number of allylic oxidation sites excluding steroid dienone is 1. The number of ether oxygens (including phenoxy) is 1. The number of esters is 1. The van der Waals surface area contributed by atoms with Gasteiger partial charge in [-0.3, -0.25) is 0 Å². The summed E-state index contributed by atoms with van der Waals surface area (Å²) in [5, 5.41) is 0. The maximum Gasteiger partial charge on any atom is 0.338 e. The lowest BCUT2D eigenvalue weighted by atomic mass is 9.97. The van der Waals surface area contributed by atoms with Crippen LogP contribution in [0.25, 0.3) is 0 Å². The maximum absolute atomic E-state index is 12.1. The summed E-state index contributed by atoms with van der Waals surface area (Å²) in [6.07, 6.45) is 7.02. The summed E-state index contributed by atoms with van der Waals surface area (Å²) < 4.78 is 5.59. The fourth-order valence-electron chi connectivity index (χ4n) is 2.33. The normalized spacial score (nSPS) is 23.3. The van der Waals surface area contributed by atoms with Gasteiger partial charge in [0.2, 0.25) is 0 Å². The molecule has 19 heavy (non-hydrogen) atoms. The predicted molar refractivity (Wildman–Crippen MR) is 77.3 cm³/mol. The second-order valence-electron chi connectivity index (χ2n) is 5.57. The van der Waals surface area contributed by atoms with E-state index in [9.17, 15) is 4.79 Å². The molecule has 0 N–H and O–H groups in total. The third-order valence-corrected chi connectivity index (χ3v) is 3.93. The molecule has 0 aromatic heterocycles. The van der Waals surface area contributed by atoms with Gasteiger partial charge in [-0.15, -0.1) is 0 Å². The van der Waals surface area contributed by atoms with Gasteiger partial charge in [0.05, 0.1) is 5.56 Å². The molecule has 0 radical (unpaired) electrons. The minimum Gasteiger partial charge on any atom is -0.452 e. The van der Waals surface area contributed by atoms with Crippen LogP contribution in [0.15, 0.2) is 36.4 Å². The van der Waals surface area contributed by atoms with Gasteiger partial charge in [-0.05, 0) is 55.9 Å². The Bertz CT molecular complexity index is 473. The average Bonchev–Trinajstić information content (AvgIpc) is 2.84. The zero-order valence-electron chi connectivity index (χ0n) is 12.0. The molecular formula is C17H22O2. The van der Waals surface area contributed by atoms with Crippen LogP contribution in [0.5, 0.6) is 0 Å². The molecule has 1 aromatic carbocycles. The molecule has 2 unspecified atom stereocenters. The van der Waals surface area contributed by atoms with E-state index in [2.05, 4.69) is 19.9 Å². The van der Waals surface area contributed by atoms with Gasteiger partial charge >= 0.3 is 5.97 Å². The summed E-state index contributed by atoms with van der Waals surface area (Å²) in [5.41, 5.74) is 1.48. The summed E-state index contributed by atoms with van der Waals surface area (Å²) in [5.74, 6) is 0.296. The molecule has 0 aliphatic heterocycles. The van der Waals surface area contributed by atoms with E-state index in [4.69, 9.17) is 4.74 Å². The Kier molecular flexibility index (Phi) is 4.08. The van der Waals surface area contributed by atoms with Gasteiger partial charge in [0.15, 0.2) is 0 Å². The monoisotopic (exact) mass is 258 g/mol. The summed E-state index contributed by atoms with van der Waals surface area (Å²) in [6, 6.07) is 7.78. The first kappa shape index (κ1) is 13.9. The first-order valence-electron chi connectivity index (χ1n) is 7.05. The molecule has 0 bridgehead atoms. The van der Waals surface area contributed by atoms with Gasteiger partial charge in [-0.1, -0.05) is 32.1 Å². The van der Waals surface area contributed by atoms with E-state index in [1.54, 1.807) is 0 Å². The highest BCUT2D eigenvalue weighted by Gasteiger charge is 2.28. The topological polar surface area (TPSA) is 26.3 Å². The smallest absolute Gasteiger partial charge is 0.338 e. The van der Waals surface area contributed by atoms with E-state index in [0.717, 1.165) is 19.3 Å². The van der Waals surface area contributed by atoms with Crippen molar-refractivity contribution in [1.29, 1.82) is 0 Å². The van der Waals surface area contributed by atoms with E-state index < -0.39 is 5.60 Å². The van der Waals surface area contributed by atoms with Crippen molar-refractivity contribution in [2.75, 3.05) is 0 Å². The largest absolute Gasteiger partial charge is 0.452 e. The van der Waals surface area contributed by atoms with E-state index in [1.165, 1.54) is 5.56 Å². The number of hydrogen-bond acceptors (Lipinski definition) is 2. The predicted octanol–water partition coefficient (Wildman–Crippen LogP) is 4.47. The van der Waals surface area contributed by atoms with Crippen LogP contribution < -0.4 is 0 Å². The van der Waals surface area contributed by atoms with Gasteiger partial charge < -0.3 is 4.74 Å². The molecule has 1 aliphatic carbocycles. The van der Waals surface area contributed by atoms with Crippen LogP contribution in [0.4, 0.5) is 0 Å². The van der Waals surface area contributed by atoms with Crippen molar-refractivity contribution in [1.82, 2.24) is 0 Å². The first-order chi connectivity index (χ1) is 9.04. The summed E-state index contributed by atoms with van der Waals surface area (Å²) in [6.45, 7) is 6.32. The van der Waals surface area contributed by atoms with Crippen LogP contribution in [0.1, 0.15) is 61.9 Å². The highest BCUT2D eigenvalue weighted by Crippen LogP contribution is 2.27. The molecule has 1 aromatic rings. The van der Waals surface area contributed by atoms with Crippen molar-refractivity contribution in [3.63, 3.8) is 0 Å². The quantitative estimate of drug-likeness (QED) is 0.588. The Balaban J connectivity index is 2.05. The van der Waals surface area contributed by atoms with Gasteiger partial charge in [0.1, 0.15) is 5.60 Å². The fraction of sp³-hybridized carbons (Fsp3) is 0.471. The Hall–Kier alpha value is -1.57. The molecule has 2 atom stereocenters. The lowest BCUT2D eigenvalue weighted by Gasteiger charge is -2.22. The summed E-state index contributed by atoms with van der Waals surface area (Å²) in [4.78, 5) is 12.1. The average molecular weight is 258 g/mol. The Morgan fingerprint density at radius 3 is 2.58 bits per heavy atom. The highest BCUT2D eigenvalue weighted by molar-refractivity contribution is 5.89. The molecule has 0 saturated carbocycles. The van der Waals surface area contributed by atoms with Crippen LogP contribution in [-0.2, 0) is 4.74 Å². The Morgan fingerprint density at radius 2 is 2.05 bits per heavy atom. The minimum absolute atomic E-state index is 0.232. The standard InChI is InChI=1S/C17H22O2/c1-4-13(2)14-7-9-15(10-8-14)16(18)19-17(3)11-5-6-12-17/h5,7-11,13H,4,6,12H2,1-3H3. The van der Waals surface area contributed by atoms with Crippen LogP contribution in [0.3, 0.4) is 0 Å². The van der Waals surface area contributed by atoms with Crippen molar-refractivity contribution >= 4 is 5.97 Å². The fourth-order valence-corrected chi connectivity index (χ4v) is 2.33. The number of carbonyl (C=O) groups is 1. The first-order valence-corrected chi connectivity index (χ1v) is 7.05. The van der Waals surface area contributed by atoms with Gasteiger partial charge in [-0.2, -0.15) is 0 Å². The molecule has 1 aliphatic rings. The third kappa shape index (κ3) is 3.25. The Morgan fingerprint density at radius 1 is 1.37 bits per heavy atom. The van der Waals surface area contributed by atoms with Crippen molar-refractivity contribution in [2.45, 2.75) is 51.6 Å². The van der Waals surface area contributed by atoms with Crippen molar-refractivity contribution < 1.29 is 9.53 Å². The zero-order chi connectivity index (χ0) is 13.9. The van der Waals surface area contributed by atoms with E-state index in [1.807, 2.05) is 37.3 Å². The molecule has 2 heteroatoms. The maximum atomic E-state index is 12.1. The Labute approximate surface area is 115 Å². The van der Waals surface area contributed by atoms with Gasteiger partial charge in [-0.25, -0.2) is 4.79 Å². The second kappa shape index (κ2) is 5.60. The van der Waals surface area contributed by atoms with Crippen molar-refractivity contribution in [2.24, 2.45) is 0 Å². The number of carbonyl (C=O) groups excluding carboxylic acids is 1. The lowest BCUT2D eigenvalue weighted by Crippen LogP contribution is -2.27. The van der Waals surface area contributed by atoms with E-state index in [0.29, 0.717) is 11.5 Å². The third-order valence-electron chi connectivity index (χ3n) is 3.93. The lowest BCUT2D eigenvalue weighted by molar-refractivity contribution is 0.0110. The SMILES string of the molecule is CCC(C)c1ccc(C(=O)OC2(C)C=CCC2)cc1. The van der Waals surface area contributed by atoms with Crippen molar-refractivity contribution in [3.8, 4) is 0 Å². The molecule has 0 amide bonds. The van der Waals surface area contributed by atoms with Crippen LogP contribution in [0.2, 0.25) is 0 Å². The number of hydrogen-bond donors (Lipinski definition) is 0. The molecule has 102 valence electrons. The molecule has 0 heterocycles. The van der Waals surface area contributed by atoms with E-state index in [-0.39, 0.29) is 5.97 Å². The molecule has 2 nitrogen and oxygen atoms in total. The van der Waals surface area contributed by atoms with Gasteiger partial charge in [0.25, 0.3) is 0 Å². The van der Waals surface area contributed by atoms with Crippen LogP contribution in [0, 0.1) is 0 Å². The molecule has 2 rings (SSSR count). The van der Waals surface area contributed by atoms with Gasteiger partial charge in [0, 0.05) is 0 Å². The van der Waals surface area contributed by atoms with Crippen molar-refractivity contribution in [3.05, 3.63) is 47.5 Å². The molecule has 0 saturated heterocycles. The summed E-state index contributed by atoms with van der Waals surface area (Å²) >= 11 is 0. The zero-order valence-corrected chi connectivity index (χ0v) is 12.0. The van der Waals surface area contributed by atoms with E-state index >= 15 is 0 Å². The summed E-state index contributed by atoms with van der Waals surface area (Å²) in [7, 11) is 0. The van der Waals surface area contributed by atoms with Crippen LogP contribution in [-0.4, -0.2) is 11.6 Å². The minimum atomic E-state index is -0.424. The molecule has 0 spiro atoms. The highest BCUT2D eigenvalue weighted by atomic mass is 16.6. The second-order valence-corrected chi connectivity index (χ2v) is 5.57. The number of benzene rings is 1.